The van der Waals surface area contributed by atoms with E-state index in [1.165, 1.54) is 53.3 Å². The van der Waals surface area contributed by atoms with Gasteiger partial charge in [-0.2, -0.15) is 0 Å². The highest BCUT2D eigenvalue weighted by atomic mass is 16.2. The van der Waals surface area contributed by atoms with E-state index in [0.717, 1.165) is 26.1 Å². The van der Waals surface area contributed by atoms with E-state index >= 15 is 0 Å². The van der Waals surface area contributed by atoms with Crippen molar-refractivity contribution in [3.05, 3.63) is 41.6 Å². The molecule has 1 aliphatic heterocycles. The number of nitrogens with zero attached hydrogens (tertiary/aromatic N) is 2. The van der Waals surface area contributed by atoms with Crippen LogP contribution in [0.5, 0.6) is 0 Å². The van der Waals surface area contributed by atoms with Crippen molar-refractivity contribution >= 4 is 22.4 Å². The maximum absolute atomic E-state index is 13.3. The van der Waals surface area contributed by atoms with E-state index in [1.54, 1.807) is 0 Å². The Morgan fingerprint density at radius 3 is 2.75 bits per heavy atom. The Balaban J connectivity index is 1.61. The normalized spacial score (nSPS) is 25.0. The average Bonchev–Trinajstić information content (AvgIpc) is 3.40. The van der Waals surface area contributed by atoms with Crippen molar-refractivity contribution in [3.63, 3.8) is 0 Å². The lowest BCUT2D eigenvalue weighted by atomic mass is 9.78. The van der Waals surface area contributed by atoms with Crippen molar-refractivity contribution in [2.75, 3.05) is 19.6 Å². The number of benzene rings is 1. The first kappa shape index (κ1) is 18.0. The average molecular weight is 378 g/mol. The number of hydrogen-bond acceptors (Lipinski definition) is 2. The molecule has 1 N–H and O–H groups in total. The molecule has 0 bridgehead atoms. The topological polar surface area (TPSA) is 39.3 Å². The van der Waals surface area contributed by atoms with E-state index in [4.69, 9.17) is 0 Å². The fourth-order valence-corrected chi connectivity index (χ4v) is 5.83. The van der Waals surface area contributed by atoms with Crippen LogP contribution in [0.25, 0.3) is 16.5 Å². The molecule has 0 radical (unpaired) electrons. The number of H-pyrrole nitrogens is 1. The summed E-state index contributed by atoms with van der Waals surface area (Å²) in [6.45, 7) is 6.63. The second kappa shape index (κ2) is 7.07. The molecule has 2 heterocycles. The monoisotopic (exact) mass is 377 g/mol. The van der Waals surface area contributed by atoms with Gasteiger partial charge >= 0.3 is 0 Å². The highest BCUT2D eigenvalue weighted by molar-refractivity contribution is 5.99. The summed E-state index contributed by atoms with van der Waals surface area (Å²) in [5.74, 6) is 0.272. The highest BCUT2D eigenvalue weighted by Crippen LogP contribution is 2.43. The number of carbonyl (C=O) groups is 1. The van der Waals surface area contributed by atoms with Crippen molar-refractivity contribution in [1.82, 2.24) is 14.8 Å². The minimum Gasteiger partial charge on any atom is -0.361 e. The zero-order valence-electron chi connectivity index (χ0n) is 17.1. The van der Waals surface area contributed by atoms with E-state index in [9.17, 15) is 4.79 Å². The van der Waals surface area contributed by atoms with Crippen molar-refractivity contribution in [2.24, 2.45) is 5.92 Å². The first-order chi connectivity index (χ1) is 13.7. The summed E-state index contributed by atoms with van der Waals surface area (Å²) >= 11 is 0. The van der Waals surface area contributed by atoms with Gasteiger partial charge in [-0.1, -0.05) is 31.1 Å². The lowest BCUT2D eigenvalue weighted by Crippen LogP contribution is -2.52. The molecule has 1 amide bonds. The highest BCUT2D eigenvalue weighted by Gasteiger charge is 2.41. The number of hydrogen-bond donors (Lipinski definition) is 1. The SMILES string of the molecule is CCN(CC)C(=O)C1C=C2c3cccc4[nH]cc(c34)CC2N(C2CCCC2)C1. The van der Waals surface area contributed by atoms with Crippen LogP contribution in [0.2, 0.25) is 0 Å². The quantitative estimate of drug-likeness (QED) is 0.866. The van der Waals surface area contributed by atoms with Crippen molar-refractivity contribution < 1.29 is 4.79 Å². The van der Waals surface area contributed by atoms with Crippen LogP contribution in [0.3, 0.4) is 0 Å². The number of aromatic nitrogens is 1. The summed E-state index contributed by atoms with van der Waals surface area (Å²) in [7, 11) is 0. The second-order valence-corrected chi connectivity index (χ2v) is 8.64. The number of fused-ring (bicyclic) bond motifs is 2. The first-order valence-corrected chi connectivity index (χ1v) is 11.1. The summed E-state index contributed by atoms with van der Waals surface area (Å²) in [5, 5.41) is 1.37. The standard InChI is InChI=1S/C24H31N3O/c1-3-26(4-2)24(28)17-12-20-19-10-7-11-21-23(19)16(14-25-21)13-22(20)27(15-17)18-8-5-6-9-18/h7,10-12,14,17-18,22,25H,3-6,8-9,13,15H2,1-2H3. The molecule has 2 unspecified atom stereocenters. The molecule has 2 atom stereocenters. The minimum absolute atomic E-state index is 0.0255. The van der Waals surface area contributed by atoms with Crippen LogP contribution < -0.4 is 0 Å². The number of amides is 1. The maximum Gasteiger partial charge on any atom is 0.230 e. The third-order valence-electron chi connectivity index (χ3n) is 7.25. The van der Waals surface area contributed by atoms with Gasteiger partial charge < -0.3 is 9.88 Å². The number of carbonyl (C=O) groups excluding carboxylic acids is 1. The van der Waals surface area contributed by atoms with Crippen molar-refractivity contribution in [2.45, 2.75) is 58.0 Å². The number of nitrogens with one attached hydrogen (secondary N) is 1. The molecule has 1 saturated carbocycles. The molecule has 148 valence electrons. The molecule has 3 aliphatic rings. The summed E-state index contributed by atoms with van der Waals surface area (Å²) in [4.78, 5) is 21.4. The molecule has 0 spiro atoms. The zero-order chi connectivity index (χ0) is 19.3. The van der Waals surface area contributed by atoms with E-state index in [1.807, 2.05) is 4.90 Å². The molecule has 2 aromatic rings. The third-order valence-corrected chi connectivity index (χ3v) is 7.25. The van der Waals surface area contributed by atoms with E-state index < -0.39 is 0 Å². The van der Waals surface area contributed by atoms with Crippen LogP contribution in [0.4, 0.5) is 0 Å². The summed E-state index contributed by atoms with van der Waals surface area (Å²) in [6, 6.07) is 7.61. The van der Waals surface area contributed by atoms with E-state index in [2.05, 4.69) is 54.2 Å². The number of aromatic amines is 1. The van der Waals surface area contributed by atoms with Gasteiger partial charge in [0.15, 0.2) is 0 Å². The van der Waals surface area contributed by atoms with Crippen molar-refractivity contribution in [1.29, 1.82) is 0 Å². The molecule has 1 aromatic heterocycles. The van der Waals surface area contributed by atoms with Gasteiger partial charge in [0.2, 0.25) is 5.91 Å². The van der Waals surface area contributed by atoms with E-state index in [0.29, 0.717) is 18.0 Å². The summed E-state index contributed by atoms with van der Waals surface area (Å²) < 4.78 is 0. The van der Waals surface area contributed by atoms with Gasteiger partial charge in [0.1, 0.15) is 0 Å². The van der Waals surface area contributed by atoms with Gasteiger partial charge in [-0.25, -0.2) is 0 Å². The van der Waals surface area contributed by atoms with E-state index in [-0.39, 0.29) is 5.92 Å². The summed E-state index contributed by atoms with van der Waals surface area (Å²) in [6.07, 6.45) is 10.8. The smallest absolute Gasteiger partial charge is 0.230 e. The fourth-order valence-electron chi connectivity index (χ4n) is 5.83. The molecule has 1 aromatic carbocycles. The van der Waals surface area contributed by atoms with Crippen LogP contribution >= 0.6 is 0 Å². The molecule has 28 heavy (non-hydrogen) atoms. The Labute approximate surface area is 167 Å². The first-order valence-electron chi connectivity index (χ1n) is 11.1. The number of rotatable bonds is 4. The molecule has 4 heteroatoms. The predicted molar refractivity (Wildman–Crippen MR) is 114 cm³/mol. The Kier molecular flexibility index (Phi) is 4.54. The summed E-state index contributed by atoms with van der Waals surface area (Å²) in [5.41, 5.74) is 5.38. The Morgan fingerprint density at radius 2 is 2.00 bits per heavy atom. The lowest BCUT2D eigenvalue weighted by Gasteiger charge is -2.45. The minimum atomic E-state index is -0.0255. The maximum atomic E-state index is 13.3. The van der Waals surface area contributed by atoms with Crippen LogP contribution in [0, 0.1) is 5.92 Å². The lowest BCUT2D eigenvalue weighted by molar-refractivity contribution is -0.134. The zero-order valence-corrected chi connectivity index (χ0v) is 17.1. The fraction of sp³-hybridized carbons (Fsp3) is 0.542. The molecule has 5 rings (SSSR count). The third kappa shape index (κ3) is 2.73. The van der Waals surface area contributed by atoms with Gasteiger partial charge in [0.05, 0.1) is 5.92 Å². The Hall–Kier alpha value is -2.07. The van der Waals surface area contributed by atoms with Gasteiger partial charge in [-0.05, 0) is 55.9 Å². The van der Waals surface area contributed by atoms with Crippen LogP contribution in [-0.2, 0) is 11.2 Å². The molecule has 2 aliphatic carbocycles. The van der Waals surface area contributed by atoms with Crippen molar-refractivity contribution in [3.8, 4) is 0 Å². The molecule has 0 saturated heterocycles. The van der Waals surface area contributed by atoms with Crippen LogP contribution in [-0.4, -0.2) is 52.4 Å². The molecular weight excluding hydrogens is 346 g/mol. The van der Waals surface area contributed by atoms with Crippen LogP contribution in [0.15, 0.2) is 30.5 Å². The predicted octanol–water partition coefficient (Wildman–Crippen LogP) is 4.22. The second-order valence-electron chi connectivity index (χ2n) is 8.64. The largest absolute Gasteiger partial charge is 0.361 e. The van der Waals surface area contributed by atoms with Crippen LogP contribution in [0.1, 0.15) is 50.7 Å². The molecule has 1 fully saturated rings. The van der Waals surface area contributed by atoms with Gasteiger partial charge in [0, 0.05) is 48.8 Å². The van der Waals surface area contributed by atoms with Gasteiger partial charge in [-0.15, -0.1) is 0 Å². The molecular formula is C24H31N3O. The Morgan fingerprint density at radius 1 is 1.21 bits per heavy atom. The Bertz CT molecular complexity index is 917. The van der Waals surface area contributed by atoms with Gasteiger partial charge in [0.25, 0.3) is 0 Å². The van der Waals surface area contributed by atoms with Gasteiger partial charge in [-0.3, -0.25) is 9.69 Å². The molecule has 4 nitrogen and oxygen atoms in total.